The minimum Gasteiger partial charge on any atom is -0.438 e. The van der Waals surface area contributed by atoms with Gasteiger partial charge < -0.3 is 19.7 Å². The van der Waals surface area contributed by atoms with Gasteiger partial charge in [-0.05, 0) is 82.6 Å². The molecule has 1 saturated heterocycles. The summed E-state index contributed by atoms with van der Waals surface area (Å²) in [7, 11) is 0. The third kappa shape index (κ3) is 6.26. The van der Waals surface area contributed by atoms with E-state index >= 15 is 0 Å². The highest BCUT2D eigenvalue weighted by Crippen LogP contribution is 2.37. The number of nitrogens with one attached hydrogen (secondary N) is 1. The fourth-order valence-electron chi connectivity index (χ4n) is 4.95. The van der Waals surface area contributed by atoms with E-state index < -0.39 is 5.60 Å². The van der Waals surface area contributed by atoms with Gasteiger partial charge in [0.15, 0.2) is 11.7 Å². The largest absolute Gasteiger partial charge is 0.438 e. The minimum absolute atomic E-state index is 0.0161. The lowest BCUT2D eigenvalue weighted by molar-refractivity contribution is 0.0273. The number of hydrogen-bond acceptors (Lipinski definition) is 7. The molecular formula is C30H34FN5O2. The van der Waals surface area contributed by atoms with Gasteiger partial charge in [-0.25, -0.2) is 19.3 Å². The van der Waals surface area contributed by atoms with Crippen LogP contribution in [0.2, 0.25) is 0 Å². The van der Waals surface area contributed by atoms with Gasteiger partial charge in [-0.15, -0.1) is 0 Å². The maximum Gasteiger partial charge on any atom is 0.223 e. The number of benzene rings is 2. The molecule has 0 amide bonds. The van der Waals surface area contributed by atoms with E-state index in [1.165, 1.54) is 12.1 Å². The van der Waals surface area contributed by atoms with Gasteiger partial charge in [-0.1, -0.05) is 30.3 Å². The fraction of sp³-hybridized carbons (Fsp3) is 0.367. The lowest BCUT2D eigenvalue weighted by Gasteiger charge is -2.34. The molecule has 2 N–H and O–H groups in total. The number of β-amino-alcohol motifs (C(OH)–C–C–N with tert-alkyl or cyclic N) is 1. The van der Waals surface area contributed by atoms with Crippen molar-refractivity contribution in [3.8, 4) is 22.7 Å². The summed E-state index contributed by atoms with van der Waals surface area (Å²) in [4.78, 5) is 16.4. The lowest BCUT2D eigenvalue weighted by Crippen LogP contribution is -2.42. The first-order chi connectivity index (χ1) is 18.2. The zero-order valence-electron chi connectivity index (χ0n) is 22.1. The Labute approximate surface area is 222 Å². The number of nitrogens with zero attached hydrogens (tertiary/aromatic N) is 4. The fourth-order valence-corrected chi connectivity index (χ4v) is 4.95. The molecule has 7 nitrogen and oxygen atoms in total. The van der Waals surface area contributed by atoms with Gasteiger partial charge in [0, 0.05) is 24.2 Å². The number of anilines is 1. The molecule has 1 aliphatic heterocycles. The minimum atomic E-state index is -0.727. The van der Waals surface area contributed by atoms with E-state index in [1.807, 2.05) is 38.1 Å². The second-order valence-electron chi connectivity index (χ2n) is 10.6. The van der Waals surface area contributed by atoms with Gasteiger partial charge in [0.1, 0.15) is 17.2 Å². The molecule has 0 radical (unpaired) electrons. The van der Waals surface area contributed by atoms with Crippen LogP contribution in [0.25, 0.3) is 22.7 Å². The van der Waals surface area contributed by atoms with Crippen LogP contribution in [-0.4, -0.2) is 50.2 Å². The van der Waals surface area contributed by atoms with Crippen molar-refractivity contribution in [2.75, 3.05) is 25.0 Å². The molecule has 4 aromatic rings. The number of hydrogen-bond donors (Lipinski definition) is 2. The Hall–Kier alpha value is -3.62. The van der Waals surface area contributed by atoms with E-state index in [-0.39, 0.29) is 17.8 Å². The van der Waals surface area contributed by atoms with Crippen LogP contribution in [0.15, 0.2) is 71.3 Å². The lowest BCUT2D eigenvalue weighted by atomic mass is 9.95. The summed E-state index contributed by atoms with van der Waals surface area (Å²) >= 11 is 0. The van der Waals surface area contributed by atoms with E-state index in [0.29, 0.717) is 35.5 Å². The van der Waals surface area contributed by atoms with Crippen LogP contribution < -0.4 is 5.32 Å². The van der Waals surface area contributed by atoms with Crippen molar-refractivity contribution in [2.45, 2.75) is 51.2 Å². The van der Waals surface area contributed by atoms with Crippen molar-refractivity contribution in [3.63, 3.8) is 0 Å². The smallest absolute Gasteiger partial charge is 0.223 e. The maximum atomic E-state index is 13.7. The number of oxazole rings is 1. The standard InChI is InChI=1S/C30H34FN5O2/c1-20(21-7-5-4-6-8-21)33-29-32-16-13-25(34-29)27-26(22-9-11-24(31)12-10-22)35-28(38-27)23-14-17-36(18-15-23)19-30(2,3)37/h4-13,16,20,23,37H,14-15,17-19H2,1-3H3,(H,32,33,34)/t20-/m0/s1. The Morgan fingerprint density at radius 1 is 1.05 bits per heavy atom. The quantitative estimate of drug-likeness (QED) is 0.295. The normalized spacial score (nSPS) is 15.9. The van der Waals surface area contributed by atoms with E-state index in [1.54, 1.807) is 18.3 Å². The van der Waals surface area contributed by atoms with Crippen molar-refractivity contribution >= 4 is 5.95 Å². The predicted molar refractivity (Wildman–Crippen MR) is 146 cm³/mol. The first kappa shape index (κ1) is 26.0. The Bertz CT molecular complexity index is 1340. The molecule has 2 aromatic heterocycles. The second-order valence-corrected chi connectivity index (χ2v) is 10.6. The molecule has 0 spiro atoms. The van der Waals surface area contributed by atoms with Gasteiger partial charge in [-0.2, -0.15) is 0 Å². The molecule has 2 aromatic carbocycles. The van der Waals surface area contributed by atoms with Gasteiger partial charge in [-0.3, -0.25) is 0 Å². The number of aromatic nitrogens is 3. The average molecular weight is 516 g/mol. The zero-order chi connectivity index (χ0) is 26.7. The van der Waals surface area contributed by atoms with Crippen LogP contribution in [0.1, 0.15) is 57.0 Å². The molecule has 0 aliphatic carbocycles. The van der Waals surface area contributed by atoms with Crippen molar-refractivity contribution in [1.82, 2.24) is 19.9 Å². The summed E-state index contributed by atoms with van der Waals surface area (Å²) in [6.07, 6.45) is 3.46. The van der Waals surface area contributed by atoms with E-state index in [9.17, 15) is 9.50 Å². The van der Waals surface area contributed by atoms with Crippen molar-refractivity contribution in [1.29, 1.82) is 0 Å². The molecule has 3 heterocycles. The van der Waals surface area contributed by atoms with E-state index in [2.05, 4.69) is 34.3 Å². The van der Waals surface area contributed by atoms with Crippen LogP contribution in [0, 0.1) is 5.82 Å². The highest BCUT2D eigenvalue weighted by Gasteiger charge is 2.29. The molecule has 38 heavy (non-hydrogen) atoms. The predicted octanol–water partition coefficient (Wildman–Crippen LogP) is 6.06. The van der Waals surface area contributed by atoms with Gasteiger partial charge in [0.2, 0.25) is 5.95 Å². The zero-order valence-corrected chi connectivity index (χ0v) is 22.1. The monoisotopic (exact) mass is 515 g/mol. The van der Waals surface area contributed by atoms with Crippen LogP contribution in [0.4, 0.5) is 10.3 Å². The van der Waals surface area contributed by atoms with Gasteiger partial charge in [0.25, 0.3) is 0 Å². The maximum absolute atomic E-state index is 13.7. The molecule has 1 fully saturated rings. The van der Waals surface area contributed by atoms with E-state index in [0.717, 1.165) is 37.1 Å². The number of halogens is 1. The topological polar surface area (TPSA) is 87.3 Å². The van der Waals surface area contributed by atoms with Gasteiger partial charge >= 0.3 is 0 Å². The summed E-state index contributed by atoms with van der Waals surface area (Å²) in [5.74, 6) is 1.54. The number of rotatable bonds is 8. The highest BCUT2D eigenvalue weighted by molar-refractivity contribution is 5.75. The third-order valence-corrected chi connectivity index (χ3v) is 6.84. The van der Waals surface area contributed by atoms with E-state index in [4.69, 9.17) is 14.4 Å². The Morgan fingerprint density at radius 2 is 1.76 bits per heavy atom. The van der Waals surface area contributed by atoms with Crippen LogP contribution in [-0.2, 0) is 0 Å². The third-order valence-electron chi connectivity index (χ3n) is 6.84. The SMILES string of the molecule is C[C@H](Nc1nccc(-c2oc(C3CCN(CC(C)(C)O)CC3)nc2-c2ccc(F)cc2)n1)c1ccccc1. The Balaban J connectivity index is 1.43. The van der Waals surface area contributed by atoms with Crippen LogP contribution in [0.5, 0.6) is 0 Å². The molecule has 8 heteroatoms. The molecule has 1 aliphatic rings. The number of aliphatic hydroxyl groups is 1. The summed E-state index contributed by atoms with van der Waals surface area (Å²) in [5.41, 5.74) is 2.42. The van der Waals surface area contributed by atoms with Crippen molar-refractivity contribution in [2.24, 2.45) is 0 Å². The summed E-state index contributed by atoms with van der Waals surface area (Å²) < 4.78 is 20.1. The number of piperidine rings is 1. The Kier molecular flexibility index (Phi) is 7.53. The molecule has 198 valence electrons. The average Bonchev–Trinajstić information content (AvgIpc) is 3.35. The van der Waals surface area contributed by atoms with Crippen LogP contribution in [0.3, 0.4) is 0 Å². The molecule has 1 atom stereocenters. The second kappa shape index (κ2) is 11.0. The molecule has 5 rings (SSSR count). The number of likely N-dealkylation sites (tertiary alicyclic amines) is 1. The summed E-state index contributed by atoms with van der Waals surface area (Å²) in [5, 5.41) is 13.6. The highest BCUT2D eigenvalue weighted by atomic mass is 19.1. The van der Waals surface area contributed by atoms with Crippen molar-refractivity contribution in [3.05, 3.63) is 84.1 Å². The molecular weight excluding hydrogens is 481 g/mol. The van der Waals surface area contributed by atoms with Gasteiger partial charge in [0.05, 0.1) is 11.6 Å². The summed E-state index contributed by atoms with van der Waals surface area (Å²) in [6, 6.07) is 18.2. The molecule has 0 bridgehead atoms. The first-order valence-corrected chi connectivity index (χ1v) is 13.1. The summed E-state index contributed by atoms with van der Waals surface area (Å²) in [6.45, 7) is 8.08. The van der Waals surface area contributed by atoms with Crippen LogP contribution >= 0.6 is 0 Å². The molecule has 0 unspecified atom stereocenters. The molecule has 0 saturated carbocycles. The Morgan fingerprint density at radius 3 is 2.45 bits per heavy atom. The van der Waals surface area contributed by atoms with Crippen molar-refractivity contribution < 1.29 is 13.9 Å². The first-order valence-electron chi connectivity index (χ1n) is 13.1.